The van der Waals surface area contributed by atoms with Crippen LogP contribution < -0.4 is 10.1 Å². The minimum absolute atomic E-state index is 0.190. The normalized spacial score (nSPS) is 10.4. The molecule has 0 saturated carbocycles. The van der Waals surface area contributed by atoms with Crippen LogP contribution in [0.25, 0.3) is 0 Å². The van der Waals surface area contributed by atoms with Gasteiger partial charge in [0, 0.05) is 17.8 Å². The first-order valence-corrected chi connectivity index (χ1v) is 7.97. The second-order valence-electron chi connectivity index (χ2n) is 5.68. The Morgan fingerprint density at radius 1 is 0.833 bits per heavy atom. The fourth-order valence-corrected chi connectivity index (χ4v) is 2.44. The van der Waals surface area contributed by atoms with E-state index in [4.69, 9.17) is 4.74 Å². The molecule has 122 valence electrons. The molecular formula is C21H20FNO. The number of rotatable bonds is 6. The van der Waals surface area contributed by atoms with Gasteiger partial charge >= 0.3 is 0 Å². The fourth-order valence-electron chi connectivity index (χ4n) is 2.44. The number of hydrogen-bond acceptors (Lipinski definition) is 2. The highest BCUT2D eigenvalue weighted by molar-refractivity contribution is 5.51. The summed E-state index contributed by atoms with van der Waals surface area (Å²) in [4.78, 5) is 0. The standard InChI is InChI=1S/C21H20FNO/c1-16-20(22)8-5-9-21(16)23-14-17-10-12-19(13-11-17)24-15-18-6-3-2-4-7-18/h2-13,23H,14-15H2,1H3. The van der Waals surface area contributed by atoms with E-state index in [2.05, 4.69) is 5.32 Å². The van der Waals surface area contributed by atoms with Crippen LogP contribution in [-0.4, -0.2) is 0 Å². The molecule has 0 aliphatic rings. The highest BCUT2D eigenvalue weighted by atomic mass is 19.1. The Bertz CT molecular complexity index is 785. The van der Waals surface area contributed by atoms with Crippen molar-refractivity contribution >= 4 is 5.69 Å². The number of nitrogens with one attached hydrogen (secondary N) is 1. The van der Waals surface area contributed by atoms with Gasteiger partial charge in [-0.3, -0.25) is 0 Å². The number of hydrogen-bond donors (Lipinski definition) is 1. The van der Waals surface area contributed by atoms with E-state index >= 15 is 0 Å². The van der Waals surface area contributed by atoms with Crippen molar-refractivity contribution in [3.05, 3.63) is 95.3 Å². The molecule has 0 heterocycles. The van der Waals surface area contributed by atoms with Crippen LogP contribution in [0.3, 0.4) is 0 Å². The Kier molecular flexibility index (Phi) is 5.12. The summed E-state index contributed by atoms with van der Waals surface area (Å²) in [6.07, 6.45) is 0. The van der Waals surface area contributed by atoms with Crippen LogP contribution in [0.1, 0.15) is 16.7 Å². The lowest BCUT2D eigenvalue weighted by molar-refractivity contribution is 0.306. The van der Waals surface area contributed by atoms with Gasteiger partial charge in [-0.25, -0.2) is 4.39 Å². The van der Waals surface area contributed by atoms with Crippen molar-refractivity contribution in [1.29, 1.82) is 0 Å². The third kappa shape index (κ3) is 4.13. The quantitative estimate of drug-likeness (QED) is 0.663. The first-order valence-electron chi connectivity index (χ1n) is 7.97. The first kappa shape index (κ1) is 16.1. The van der Waals surface area contributed by atoms with Gasteiger partial charge in [0.25, 0.3) is 0 Å². The average molecular weight is 321 g/mol. The smallest absolute Gasteiger partial charge is 0.128 e. The predicted octanol–water partition coefficient (Wildman–Crippen LogP) is 5.33. The van der Waals surface area contributed by atoms with E-state index in [1.54, 1.807) is 13.0 Å². The average Bonchev–Trinajstić information content (AvgIpc) is 2.63. The molecule has 0 aliphatic heterocycles. The minimum Gasteiger partial charge on any atom is -0.489 e. The summed E-state index contributed by atoms with van der Waals surface area (Å²) < 4.78 is 19.3. The molecule has 0 amide bonds. The van der Waals surface area contributed by atoms with E-state index in [9.17, 15) is 4.39 Å². The molecule has 0 aliphatic carbocycles. The molecule has 3 rings (SSSR count). The predicted molar refractivity (Wildman–Crippen MR) is 95.7 cm³/mol. The van der Waals surface area contributed by atoms with E-state index in [0.717, 1.165) is 22.6 Å². The van der Waals surface area contributed by atoms with Gasteiger partial charge in [0.05, 0.1) is 0 Å². The minimum atomic E-state index is -0.190. The van der Waals surface area contributed by atoms with Crippen molar-refractivity contribution in [1.82, 2.24) is 0 Å². The molecule has 2 nitrogen and oxygen atoms in total. The van der Waals surface area contributed by atoms with Crippen molar-refractivity contribution < 1.29 is 9.13 Å². The number of ether oxygens (including phenoxy) is 1. The third-order valence-corrected chi connectivity index (χ3v) is 3.92. The number of anilines is 1. The largest absolute Gasteiger partial charge is 0.489 e. The summed E-state index contributed by atoms with van der Waals surface area (Å²) in [7, 11) is 0. The summed E-state index contributed by atoms with van der Waals surface area (Å²) in [5.74, 6) is 0.647. The van der Waals surface area contributed by atoms with Gasteiger partial charge in [-0.1, -0.05) is 48.5 Å². The van der Waals surface area contributed by atoms with E-state index in [1.807, 2.05) is 60.7 Å². The highest BCUT2D eigenvalue weighted by Crippen LogP contribution is 2.19. The molecule has 3 aromatic carbocycles. The fraction of sp³-hybridized carbons (Fsp3) is 0.143. The maximum atomic E-state index is 13.5. The second-order valence-corrected chi connectivity index (χ2v) is 5.68. The molecule has 0 aromatic heterocycles. The first-order chi connectivity index (χ1) is 11.7. The van der Waals surface area contributed by atoms with Crippen molar-refractivity contribution in [3.8, 4) is 5.75 Å². The molecule has 1 N–H and O–H groups in total. The molecule has 0 spiro atoms. The Hall–Kier alpha value is -2.81. The second kappa shape index (κ2) is 7.64. The van der Waals surface area contributed by atoms with Crippen LogP contribution in [0.5, 0.6) is 5.75 Å². The Balaban J connectivity index is 1.55. The van der Waals surface area contributed by atoms with E-state index in [1.165, 1.54) is 6.07 Å². The molecule has 0 unspecified atom stereocenters. The van der Waals surface area contributed by atoms with Crippen LogP contribution in [0, 0.1) is 12.7 Å². The van der Waals surface area contributed by atoms with E-state index in [0.29, 0.717) is 18.7 Å². The Morgan fingerprint density at radius 3 is 2.33 bits per heavy atom. The van der Waals surface area contributed by atoms with Gasteiger partial charge in [-0.05, 0) is 42.3 Å². The number of halogens is 1. The lowest BCUT2D eigenvalue weighted by atomic mass is 10.1. The van der Waals surface area contributed by atoms with Gasteiger partial charge in [-0.2, -0.15) is 0 Å². The summed E-state index contributed by atoms with van der Waals surface area (Å²) in [5, 5.41) is 3.27. The molecular weight excluding hydrogens is 301 g/mol. The van der Waals surface area contributed by atoms with Gasteiger partial charge in [-0.15, -0.1) is 0 Å². The van der Waals surface area contributed by atoms with Gasteiger partial charge in [0.15, 0.2) is 0 Å². The Labute approximate surface area is 141 Å². The zero-order valence-corrected chi connectivity index (χ0v) is 13.6. The zero-order chi connectivity index (χ0) is 16.8. The van der Waals surface area contributed by atoms with Crippen LogP contribution in [0.2, 0.25) is 0 Å². The highest BCUT2D eigenvalue weighted by Gasteiger charge is 2.03. The van der Waals surface area contributed by atoms with Gasteiger partial charge in [0.2, 0.25) is 0 Å². The summed E-state index contributed by atoms with van der Waals surface area (Å²) in [5.41, 5.74) is 3.72. The molecule has 24 heavy (non-hydrogen) atoms. The van der Waals surface area contributed by atoms with Crippen molar-refractivity contribution in [3.63, 3.8) is 0 Å². The topological polar surface area (TPSA) is 21.3 Å². The van der Waals surface area contributed by atoms with E-state index < -0.39 is 0 Å². The van der Waals surface area contributed by atoms with E-state index in [-0.39, 0.29) is 5.82 Å². The third-order valence-electron chi connectivity index (χ3n) is 3.92. The maximum Gasteiger partial charge on any atom is 0.128 e. The molecule has 0 bridgehead atoms. The summed E-state index contributed by atoms with van der Waals surface area (Å²) in [6.45, 7) is 2.97. The molecule has 0 atom stereocenters. The van der Waals surface area contributed by atoms with Crippen LogP contribution >= 0.6 is 0 Å². The lowest BCUT2D eigenvalue weighted by Gasteiger charge is -2.11. The van der Waals surface area contributed by atoms with Crippen LogP contribution in [0.4, 0.5) is 10.1 Å². The summed E-state index contributed by atoms with van der Waals surface area (Å²) in [6, 6.07) is 23.1. The zero-order valence-electron chi connectivity index (χ0n) is 13.6. The molecule has 3 aromatic rings. The maximum absolute atomic E-state index is 13.5. The molecule has 0 fully saturated rings. The van der Waals surface area contributed by atoms with Crippen molar-refractivity contribution in [2.45, 2.75) is 20.1 Å². The van der Waals surface area contributed by atoms with Crippen LogP contribution in [0.15, 0.2) is 72.8 Å². The van der Waals surface area contributed by atoms with Gasteiger partial charge in [0.1, 0.15) is 18.2 Å². The molecule has 3 heteroatoms. The molecule has 0 radical (unpaired) electrons. The Morgan fingerprint density at radius 2 is 1.58 bits per heavy atom. The van der Waals surface area contributed by atoms with Crippen molar-refractivity contribution in [2.75, 3.05) is 5.32 Å². The van der Waals surface area contributed by atoms with Gasteiger partial charge < -0.3 is 10.1 Å². The lowest BCUT2D eigenvalue weighted by Crippen LogP contribution is -2.02. The van der Waals surface area contributed by atoms with Crippen molar-refractivity contribution in [2.24, 2.45) is 0 Å². The number of benzene rings is 3. The SMILES string of the molecule is Cc1c(F)cccc1NCc1ccc(OCc2ccccc2)cc1. The molecule has 0 saturated heterocycles. The summed E-state index contributed by atoms with van der Waals surface area (Å²) >= 11 is 0. The van der Waals surface area contributed by atoms with Crippen LogP contribution in [-0.2, 0) is 13.2 Å². The monoisotopic (exact) mass is 321 g/mol.